The first-order valence-electron chi connectivity index (χ1n) is 12.7. The highest BCUT2D eigenvalue weighted by Gasteiger charge is 2.17. The Kier molecular flexibility index (Phi) is 5.81. The van der Waals surface area contributed by atoms with Crippen LogP contribution in [0.4, 0.5) is 11.4 Å². The molecule has 0 bridgehead atoms. The molecule has 0 fully saturated rings. The first kappa shape index (κ1) is 21.0. The van der Waals surface area contributed by atoms with Crippen LogP contribution in [0.15, 0.2) is 97.1 Å². The summed E-state index contributed by atoms with van der Waals surface area (Å²) in [5.41, 5.74) is 11.1. The van der Waals surface area contributed by atoms with E-state index in [2.05, 4.69) is 107 Å². The zero-order chi connectivity index (χ0) is 22.7. The molecule has 2 heteroatoms. The Morgan fingerprint density at radius 1 is 0.471 bits per heavy atom. The highest BCUT2D eigenvalue weighted by molar-refractivity contribution is 5.65. The summed E-state index contributed by atoms with van der Waals surface area (Å²) in [4.78, 5) is 5.06. The molecule has 34 heavy (non-hydrogen) atoms. The SMILES string of the molecule is c1ccc2c(c1)CCCN2Cc1ccc(-c2ccc(CN3CCCc4ccccc43)cc2)cc1. The molecule has 0 aliphatic carbocycles. The topological polar surface area (TPSA) is 6.48 Å². The van der Waals surface area contributed by atoms with Gasteiger partial charge in [0.2, 0.25) is 0 Å². The van der Waals surface area contributed by atoms with Gasteiger partial charge < -0.3 is 9.80 Å². The van der Waals surface area contributed by atoms with Crippen LogP contribution in [0.3, 0.4) is 0 Å². The summed E-state index contributed by atoms with van der Waals surface area (Å²) in [6.45, 7) is 4.24. The first-order chi connectivity index (χ1) is 16.8. The van der Waals surface area contributed by atoms with E-state index in [4.69, 9.17) is 0 Å². The van der Waals surface area contributed by atoms with E-state index in [1.165, 1.54) is 70.4 Å². The summed E-state index contributed by atoms with van der Waals surface area (Å²) < 4.78 is 0. The largest absolute Gasteiger partial charge is 0.367 e. The number of para-hydroxylation sites is 2. The average Bonchev–Trinajstić information content (AvgIpc) is 2.90. The van der Waals surface area contributed by atoms with Crippen molar-refractivity contribution in [3.05, 3.63) is 119 Å². The highest BCUT2D eigenvalue weighted by atomic mass is 15.1. The van der Waals surface area contributed by atoms with E-state index in [9.17, 15) is 0 Å². The van der Waals surface area contributed by atoms with Crippen LogP contribution < -0.4 is 9.80 Å². The third-order valence-electron chi connectivity index (χ3n) is 7.40. The van der Waals surface area contributed by atoms with Gasteiger partial charge in [0, 0.05) is 37.6 Å². The van der Waals surface area contributed by atoms with Crippen LogP contribution in [0.1, 0.15) is 35.1 Å². The second-order valence-corrected chi connectivity index (χ2v) is 9.70. The van der Waals surface area contributed by atoms with Crippen molar-refractivity contribution in [2.24, 2.45) is 0 Å². The first-order valence-corrected chi connectivity index (χ1v) is 12.7. The molecule has 0 aromatic heterocycles. The van der Waals surface area contributed by atoms with Crippen LogP contribution in [0.25, 0.3) is 11.1 Å². The Labute approximate surface area is 203 Å². The van der Waals surface area contributed by atoms with Gasteiger partial charge in [-0.2, -0.15) is 0 Å². The molecule has 0 spiro atoms. The Hall–Kier alpha value is -3.52. The Morgan fingerprint density at radius 2 is 0.882 bits per heavy atom. The van der Waals surface area contributed by atoms with Gasteiger partial charge in [0.05, 0.1) is 0 Å². The van der Waals surface area contributed by atoms with Crippen molar-refractivity contribution < 1.29 is 0 Å². The minimum Gasteiger partial charge on any atom is -0.367 e. The molecule has 4 aromatic rings. The predicted molar refractivity (Wildman–Crippen MR) is 144 cm³/mol. The smallest absolute Gasteiger partial charge is 0.0429 e. The van der Waals surface area contributed by atoms with Crippen LogP contribution in [0.5, 0.6) is 0 Å². The van der Waals surface area contributed by atoms with Gasteiger partial charge in [0.25, 0.3) is 0 Å². The normalized spacial score (nSPS) is 15.1. The van der Waals surface area contributed by atoms with Crippen molar-refractivity contribution in [2.45, 2.75) is 38.8 Å². The summed E-state index contributed by atoms with van der Waals surface area (Å²) in [6, 6.07) is 36.0. The zero-order valence-corrected chi connectivity index (χ0v) is 19.8. The number of benzene rings is 4. The molecule has 0 saturated carbocycles. The van der Waals surface area contributed by atoms with Gasteiger partial charge >= 0.3 is 0 Å². The van der Waals surface area contributed by atoms with Crippen molar-refractivity contribution in [1.82, 2.24) is 0 Å². The van der Waals surface area contributed by atoms with Crippen molar-refractivity contribution in [1.29, 1.82) is 0 Å². The second kappa shape index (κ2) is 9.38. The molecular formula is C32H32N2. The van der Waals surface area contributed by atoms with E-state index in [-0.39, 0.29) is 0 Å². The Balaban J connectivity index is 1.13. The van der Waals surface area contributed by atoms with Gasteiger partial charge in [0.15, 0.2) is 0 Å². The maximum absolute atomic E-state index is 2.53. The van der Waals surface area contributed by atoms with Gasteiger partial charge in [-0.3, -0.25) is 0 Å². The summed E-state index contributed by atoms with van der Waals surface area (Å²) in [7, 11) is 0. The number of aryl methyl sites for hydroxylation is 2. The summed E-state index contributed by atoms with van der Waals surface area (Å²) in [6.07, 6.45) is 4.88. The monoisotopic (exact) mass is 444 g/mol. The summed E-state index contributed by atoms with van der Waals surface area (Å²) in [5.74, 6) is 0. The van der Waals surface area contributed by atoms with Crippen LogP contribution in [-0.4, -0.2) is 13.1 Å². The van der Waals surface area contributed by atoms with Crippen molar-refractivity contribution in [3.8, 4) is 11.1 Å². The number of hydrogen-bond acceptors (Lipinski definition) is 2. The molecule has 0 atom stereocenters. The number of anilines is 2. The van der Waals surface area contributed by atoms with Crippen molar-refractivity contribution in [3.63, 3.8) is 0 Å². The van der Waals surface area contributed by atoms with Gasteiger partial charge in [-0.05, 0) is 71.2 Å². The van der Waals surface area contributed by atoms with Crippen LogP contribution in [0, 0.1) is 0 Å². The molecule has 6 rings (SSSR count). The summed E-state index contributed by atoms with van der Waals surface area (Å²) >= 11 is 0. The van der Waals surface area contributed by atoms with E-state index < -0.39 is 0 Å². The van der Waals surface area contributed by atoms with E-state index in [0.29, 0.717) is 0 Å². The van der Waals surface area contributed by atoms with E-state index in [0.717, 1.165) is 26.2 Å². The fraction of sp³-hybridized carbons (Fsp3) is 0.250. The summed E-state index contributed by atoms with van der Waals surface area (Å²) in [5, 5.41) is 0. The van der Waals surface area contributed by atoms with E-state index >= 15 is 0 Å². The molecule has 0 amide bonds. The van der Waals surface area contributed by atoms with Crippen LogP contribution in [0.2, 0.25) is 0 Å². The molecule has 2 aliphatic heterocycles. The van der Waals surface area contributed by atoms with Gasteiger partial charge in [-0.1, -0.05) is 84.9 Å². The number of nitrogens with zero attached hydrogens (tertiary/aromatic N) is 2. The number of rotatable bonds is 5. The van der Waals surface area contributed by atoms with Crippen LogP contribution in [-0.2, 0) is 25.9 Å². The van der Waals surface area contributed by atoms with Crippen molar-refractivity contribution in [2.75, 3.05) is 22.9 Å². The Bertz CT molecular complexity index is 1160. The minimum atomic E-state index is 0.980. The van der Waals surface area contributed by atoms with E-state index in [1.807, 2.05) is 0 Å². The molecule has 0 unspecified atom stereocenters. The molecule has 2 nitrogen and oxygen atoms in total. The molecular weight excluding hydrogens is 412 g/mol. The lowest BCUT2D eigenvalue weighted by molar-refractivity contribution is 0.691. The average molecular weight is 445 g/mol. The maximum Gasteiger partial charge on any atom is 0.0429 e. The molecule has 0 N–H and O–H groups in total. The van der Waals surface area contributed by atoms with Gasteiger partial charge in [-0.25, -0.2) is 0 Å². The van der Waals surface area contributed by atoms with Crippen LogP contribution >= 0.6 is 0 Å². The lowest BCUT2D eigenvalue weighted by atomic mass is 9.99. The number of fused-ring (bicyclic) bond motifs is 2. The van der Waals surface area contributed by atoms with Crippen molar-refractivity contribution >= 4 is 11.4 Å². The highest BCUT2D eigenvalue weighted by Crippen LogP contribution is 2.30. The quantitative estimate of drug-likeness (QED) is 0.320. The van der Waals surface area contributed by atoms with E-state index in [1.54, 1.807) is 0 Å². The number of hydrogen-bond donors (Lipinski definition) is 0. The third-order valence-corrected chi connectivity index (χ3v) is 7.40. The molecule has 0 radical (unpaired) electrons. The fourth-order valence-electron chi connectivity index (χ4n) is 5.60. The second-order valence-electron chi connectivity index (χ2n) is 9.70. The molecule has 4 aromatic carbocycles. The maximum atomic E-state index is 2.53. The third kappa shape index (κ3) is 4.33. The molecule has 170 valence electrons. The lowest BCUT2D eigenvalue weighted by Crippen LogP contribution is -2.28. The molecule has 2 aliphatic rings. The zero-order valence-electron chi connectivity index (χ0n) is 19.8. The van der Waals surface area contributed by atoms with Gasteiger partial charge in [-0.15, -0.1) is 0 Å². The fourth-order valence-corrected chi connectivity index (χ4v) is 5.60. The molecule has 0 saturated heterocycles. The lowest BCUT2D eigenvalue weighted by Gasteiger charge is -2.31. The van der Waals surface area contributed by atoms with Gasteiger partial charge in [0.1, 0.15) is 0 Å². The standard InChI is InChI=1S/C32H32N2/c1-3-11-31-29(7-1)9-5-21-33(31)23-25-13-17-27(18-14-25)28-19-15-26(16-20-28)24-34-22-6-10-30-8-2-4-12-32(30)34/h1-4,7-8,11-20H,5-6,9-10,21-24H2. The predicted octanol–water partition coefficient (Wildman–Crippen LogP) is 7.26. The minimum absolute atomic E-state index is 0.980. The Morgan fingerprint density at radius 3 is 1.32 bits per heavy atom. The molecule has 2 heterocycles.